The summed E-state index contributed by atoms with van der Waals surface area (Å²) in [5, 5.41) is 20.2. The Morgan fingerprint density at radius 2 is 1.38 bits per heavy atom. The van der Waals surface area contributed by atoms with Crippen LogP contribution in [0.2, 0.25) is 0 Å². The zero-order chi connectivity index (χ0) is 27.7. The zero-order valence-electron chi connectivity index (χ0n) is 22.1. The van der Waals surface area contributed by atoms with Crippen molar-refractivity contribution in [1.29, 1.82) is 0 Å². The van der Waals surface area contributed by atoms with Gasteiger partial charge in [-0.05, 0) is 61.2 Å². The van der Waals surface area contributed by atoms with E-state index in [1.54, 1.807) is 43.3 Å². The van der Waals surface area contributed by atoms with Crippen LogP contribution < -0.4 is 5.73 Å². The Morgan fingerprint density at radius 3 is 1.92 bits per heavy atom. The quantitative estimate of drug-likeness (QED) is 0.378. The van der Waals surface area contributed by atoms with Gasteiger partial charge in [-0.15, -0.1) is 0 Å². The molecular weight excluding hydrogens is 495 g/mol. The van der Waals surface area contributed by atoms with Crippen molar-refractivity contribution in [2.45, 2.75) is 50.6 Å². The minimum Gasteiger partial charge on any atom is -0.508 e. The lowest BCUT2D eigenvalue weighted by Crippen LogP contribution is -2.58. The Hall–Kier alpha value is -3.55. The number of ketones is 2. The highest BCUT2D eigenvalue weighted by molar-refractivity contribution is 6.02. The molecule has 0 amide bonds. The summed E-state index contributed by atoms with van der Waals surface area (Å²) in [5.41, 5.74) is 8.30. The van der Waals surface area contributed by atoms with Gasteiger partial charge in [-0.1, -0.05) is 49.2 Å². The van der Waals surface area contributed by atoms with Crippen LogP contribution in [0.4, 0.5) is 4.39 Å². The number of rotatable bonds is 6. The van der Waals surface area contributed by atoms with Crippen molar-refractivity contribution in [3.63, 3.8) is 0 Å². The number of nitrogens with two attached hydrogens (primary N) is 1. The monoisotopic (exact) mass is 530 g/mol. The van der Waals surface area contributed by atoms with E-state index >= 15 is 0 Å². The van der Waals surface area contributed by atoms with Gasteiger partial charge in [0, 0.05) is 54.1 Å². The van der Waals surface area contributed by atoms with Gasteiger partial charge in [-0.2, -0.15) is 0 Å². The molecule has 0 bridgehead atoms. The Labute approximate surface area is 228 Å². The van der Waals surface area contributed by atoms with E-state index in [0.29, 0.717) is 35.3 Å². The molecule has 39 heavy (non-hydrogen) atoms. The van der Waals surface area contributed by atoms with Crippen LogP contribution in [-0.4, -0.2) is 51.9 Å². The third kappa shape index (κ3) is 5.47. The van der Waals surface area contributed by atoms with Gasteiger partial charge in [-0.25, -0.2) is 4.39 Å². The lowest BCUT2D eigenvalue weighted by molar-refractivity contribution is 0.0339. The summed E-state index contributed by atoms with van der Waals surface area (Å²) in [6, 6.07) is 17.2. The van der Waals surface area contributed by atoms with E-state index in [2.05, 4.69) is 4.90 Å². The van der Waals surface area contributed by atoms with Crippen LogP contribution in [0.3, 0.4) is 0 Å². The van der Waals surface area contributed by atoms with Crippen LogP contribution in [-0.2, 0) is 0 Å². The van der Waals surface area contributed by atoms with Gasteiger partial charge in [0.2, 0.25) is 0 Å². The minimum absolute atomic E-state index is 0.0197. The number of benzene rings is 3. The number of carbonyl (C=O) groups excluding carboxylic acids is 2. The first-order chi connectivity index (χ1) is 18.7. The van der Waals surface area contributed by atoms with Crippen molar-refractivity contribution in [1.82, 2.24) is 4.90 Å². The zero-order valence-corrected chi connectivity index (χ0v) is 22.1. The van der Waals surface area contributed by atoms with Gasteiger partial charge < -0.3 is 15.9 Å². The summed E-state index contributed by atoms with van der Waals surface area (Å²) in [4.78, 5) is 30.6. The van der Waals surface area contributed by atoms with Gasteiger partial charge in [-0.3, -0.25) is 14.5 Å². The number of carbonyl (C=O) groups is 2. The molecule has 0 aromatic heterocycles. The summed E-state index contributed by atoms with van der Waals surface area (Å²) in [7, 11) is 0. The number of phenols is 2. The minimum atomic E-state index is -0.679. The Morgan fingerprint density at radius 1 is 0.846 bits per heavy atom. The molecule has 5 rings (SSSR count). The molecule has 6 nitrogen and oxygen atoms in total. The van der Waals surface area contributed by atoms with Crippen molar-refractivity contribution in [3.05, 3.63) is 94.8 Å². The molecule has 1 heterocycles. The van der Waals surface area contributed by atoms with Crippen molar-refractivity contribution < 1.29 is 24.2 Å². The van der Waals surface area contributed by atoms with Crippen LogP contribution in [0.1, 0.15) is 63.4 Å². The fraction of sp³-hybridized carbons (Fsp3) is 0.375. The molecule has 1 aliphatic heterocycles. The summed E-state index contributed by atoms with van der Waals surface area (Å²) in [6.07, 6.45) is 3.83. The molecule has 7 heteroatoms. The van der Waals surface area contributed by atoms with E-state index in [0.717, 1.165) is 25.7 Å². The number of likely N-dealkylation sites (tertiary alicyclic amines) is 1. The second-order valence-corrected chi connectivity index (χ2v) is 11.0. The lowest BCUT2D eigenvalue weighted by Gasteiger charge is -2.48. The highest BCUT2D eigenvalue weighted by Crippen LogP contribution is 2.44. The predicted molar refractivity (Wildman–Crippen MR) is 148 cm³/mol. The number of nitrogens with zero attached hydrogens (tertiary/aromatic N) is 1. The molecule has 2 fully saturated rings. The smallest absolute Gasteiger partial charge is 0.167 e. The summed E-state index contributed by atoms with van der Waals surface area (Å²) >= 11 is 0. The average molecular weight is 531 g/mol. The van der Waals surface area contributed by atoms with Crippen LogP contribution in [0.15, 0.2) is 66.7 Å². The molecule has 0 radical (unpaired) electrons. The van der Waals surface area contributed by atoms with Crippen molar-refractivity contribution >= 4 is 11.6 Å². The molecule has 3 aromatic carbocycles. The van der Waals surface area contributed by atoms with E-state index in [1.165, 1.54) is 30.3 Å². The molecule has 4 atom stereocenters. The number of hydrogen-bond acceptors (Lipinski definition) is 6. The van der Waals surface area contributed by atoms with Crippen molar-refractivity contribution in [2.75, 3.05) is 13.1 Å². The molecule has 3 aromatic rings. The van der Waals surface area contributed by atoms with Crippen LogP contribution >= 0.6 is 0 Å². The molecule has 1 unspecified atom stereocenters. The van der Waals surface area contributed by atoms with E-state index in [4.69, 9.17) is 5.73 Å². The van der Waals surface area contributed by atoms with Gasteiger partial charge in [0.05, 0.1) is 0 Å². The maximum atomic E-state index is 14.9. The topological polar surface area (TPSA) is 104 Å². The second kappa shape index (κ2) is 11.3. The SMILES string of the molecule is Cc1c(F)cccc1C1[C@@H](C(=O)c2cccc(O)c2)CN(C2CCCC[C@H]2N)C[C@@H]1C(=O)c1cccc(O)c1. The normalized spacial score (nSPS) is 24.4. The molecule has 2 aliphatic rings. The highest BCUT2D eigenvalue weighted by Gasteiger charge is 2.47. The fourth-order valence-electron chi connectivity index (χ4n) is 6.61. The van der Waals surface area contributed by atoms with Crippen molar-refractivity contribution in [3.8, 4) is 11.5 Å². The fourth-order valence-corrected chi connectivity index (χ4v) is 6.61. The van der Waals surface area contributed by atoms with E-state index in [9.17, 15) is 24.2 Å². The van der Waals surface area contributed by atoms with E-state index in [-0.39, 0.29) is 35.1 Å². The van der Waals surface area contributed by atoms with Gasteiger partial charge in [0.25, 0.3) is 0 Å². The predicted octanol–water partition coefficient (Wildman–Crippen LogP) is 5.21. The van der Waals surface area contributed by atoms with E-state index < -0.39 is 23.6 Å². The van der Waals surface area contributed by atoms with Crippen LogP contribution in [0, 0.1) is 24.6 Å². The third-order valence-electron chi connectivity index (χ3n) is 8.58. The Balaban J connectivity index is 1.66. The molecule has 1 saturated carbocycles. The molecular formula is C32H35FN2O4. The molecule has 204 valence electrons. The maximum absolute atomic E-state index is 14.9. The third-order valence-corrected chi connectivity index (χ3v) is 8.58. The van der Waals surface area contributed by atoms with Gasteiger partial charge in [0.15, 0.2) is 11.6 Å². The average Bonchev–Trinajstić information content (AvgIpc) is 2.93. The van der Waals surface area contributed by atoms with Crippen LogP contribution in [0.25, 0.3) is 0 Å². The molecule has 4 N–H and O–H groups in total. The number of hydrogen-bond donors (Lipinski definition) is 3. The standard InChI is InChI=1S/C32H35FN2O4/c1-19-24(11-6-12-27(19)33)30-25(31(38)20-7-4-9-22(36)15-20)17-35(29-14-3-2-13-28(29)34)18-26(30)32(39)21-8-5-10-23(37)16-21/h4-12,15-16,25-26,28-30,36-37H,2-3,13-14,17-18,34H2,1H3/t25-,26-,28+,29?/m0/s1. The number of piperidine rings is 1. The largest absolute Gasteiger partial charge is 0.508 e. The van der Waals surface area contributed by atoms with Crippen molar-refractivity contribution in [2.24, 2.45) is 17.6 Å². The summed E-state index contributed by atoms with van der Waals surface area (Å²) in [6.45, 7) is 2.43. The first-order valence-electron chi connectivity index (χ1n) is 13.7. The highest BCUT2D eigenvalue weighted by atomic mass is 19.1. The first-order valence-corrected chi connectivity index (χ1v) is 13.7. The molecule has 1 aliphatic carbocycles. The van der Waals surface area contributed by atoms with Gasteiger partial charge >= 0.3 is 0 Å². The maximum Gasteiger partial charge on any atom is 0.167 e. The number of Topliss-reactive ketones (excluding diaryl/α,β-unsaturated/α-hetero) is 2. The summed E-state index contributed by atoms with van der Waals surface area (Å²) in [5.74, 6) is -2.81. The number of phenolic OH excluding ortho intramolecular Hbond substituents is 2. The summed E-state index contributed by atoms with van der Waals surface area (Å²) < 4.78 is 14.9. The molecule has 1 saturated heterocycles. The second-order valence-electron chi connectivity index (χ2n) is 11.0. The van der Waals surface area contributed by atoms with Gasteiger partial charge in [0.1, 0.15) is 17.3 Å². The number of halogens is 1. The lowest BCUT2D eigenvalue weighted by atomic mass is 9.67. The Kier molecular flexibility index (Phi) is 7.82. The first kappa shape index (κ1) is 27.0. The molecule has 0 spiro atoms. The van der Waals surface area contributed by atoms with E-state index in [1.807, 2.05) is 0 Å². The number of aromatic hydroxyl groups is 2. The Bertz CT molecular complexity index is 1310. The van der Waals surface area contributed by atoms with Crippen LogP contribution in [0.5, 0.6) is 11.5 Å².